The van der Waals surface area contributed by atoms with Crippen molar-refractivity contribution in [3.05, 3.63) is 24.1 Å². The Bertz CT molecular complexity index is 760. The number of nitrogens with zero attached hydrogens (tertiary/aromatic N) is 1. The predicted molar refractivity (Wildman–Crippen MR) is 127 cm³/mol. The Morgan fingerprint density at radius 1 is 1.12 bits per heavy atom. The Balaban J connectivity index is 3.43. The molecule has 0 bridgehead atoms. The van der Waals surface area contributed by atoms with Crippen LogP contribution in [0, 0.1) is 11.8 Å². The Morgan fingerprint density at radius 2 is 1.70 bits per heavy atom. The second kappa shape index (κ2) is 11.6. The summed E-state index contributed by atoms with van der Waals surface area (Å²) in [5, 5.41) is 12.4. The topological polar surface area (TPSA) is 105 Å². The summed E-state index contributed by atoms with van der Waals surface area (Å²) in [5.74, 6) is -1.12. The third-order valence-electron chi connectivity index (χ3n) is 5.32. The number of hydrogen-bond donors (Lipinski definition) is 2. The lowest BCUT2D eigenvalue weighted by atomic mass is 9.87. The monoisotopic (exact) mass is 466 g/mol. The number of hydrogen-bond acceptors (Lipinski definition) is 6. The standard InChI is InChI=1S/C25H42N2O6/c1-10-12-18-14-21(22(30)32-24(4,5)6)27(23(31)33-25(7,8)9)20(18)13-17(11-2)19(15-28)26-16(3)29/h10,12,15,17-18,20-21,28H,11,13-14H2,1-9H3,(H,26,29)/t17?,18-,20-,21-/m1/s1. The number of aliphatic hydroxyl groups is 1. The lowest BCUT2D eigenvalue weighted by molar-refractivity contribution is -0.160. The van der Waals surface area contributed by atoms with Crippen LogP contribution in [0.3, 0.4) is 0 Å². The van der Waals surface area contributed by atoms with Gasteiger partial charge in [-0.3, -0.25) is 9.69 Å². The lowest BCUT2D eigenvalue weighted by Gasteiger charge is -2.35. The summed E-state index contributed by atoms with van der Waals surface area (Å²) < 4.78 is 11.3. The Morgan fingerprint density at radius 3 is 2.12 bits per heavy atom. The van der Waals surface area contributed by atoms with E-state index in [1.54, 1.807) is 41.5 Å². The molecule has 1 heterocycles. The molecule has 0 aromatic carbocycles. The maximum absolute atomic E-state index is 13.3. The molecular weight excluding hydrogens is 424 g/mol. The van der Waals surface area contributed by atoms with Gasteiger partial charge in [-0.15, -0.1) is 0 Å². The van der Waals surface area contributed by atoms with Gasteiger partial charge in [-0.2, -0.15) is 0 Å². The SMILES string of the molecule is CC=C[C@@H]1C[C@H](C(=O)OC(C)(C)C)N(C(=O)OC(C)(C)C)[C@@H]1CC(CC)C(=CO)NC(C)=O. The first-order valence-corrected chi connectivity index (χ1v) is 11.6. The molecule has 0 spiro atoms. The largest absolute Gasteiger partial charge is 0.514 e. The van der Waals surface area contributed by atoms with Crippen LogP contribution in [0.1, 0.15) is 81.6 Å². The molecule has 1 saturated heterocycles. The van der Waals surface area contributed by atoms with E-state index in [0.717, 1.165) is 6.26 Å². The molecule has 1 aliphatic rings. The van der Waals surface area contributed by atoms with Crippen molar-refractivity contribution in [3.63, 3.8) is 0 Å². The van der Waals surface area contributed by atoms with Crippen LogP contribution in [-0.4, -0.2) is 51.3 Å². The molecule has 0 aromatic heterocycles. The molecule has 33 heavy (non-hydrogen) atoms. The smallest absolute Gasteiger partial charge is 0.411 e. The van der Waals surface area contributed by atoms with E-state index in [9.17, 15) is 19.5 Å². The van der Waals surface area contributed by atoms with Gasteiger partial charge in [0.2, 0.25) is 5.91 Å². The highest BCUT2D eigenvalue weighted by atomic mass is 16.6. The molecule has 8 heteroatoms. The van der Waals surface area contributed by atoms with E-state index in [0.29, 0.717) is 25.0 Å². The molecule has 0 radical (unpaired) electrons. The van der Waals surface area contributed by atoms with E-state index in [4.69, 9.17) is 9.47 Å². The zero-order valence-electron chi connectivity index (χ0n) is 21.6. The fraction of sp³-hybridized carbons (Fsp3) is 0.720. The van der Waals surface area contributed by atoms with Crippen LogP contribution >= 0.6 is 0 Å². The molecule has 1 rings (SSSR count). The molecule has 8 nitrogen and oxygen atoms in total. The predicted octanol–water partition coefficient (Wildman–Crippen LogP) is 4.85. The van der Waals surface area contributed by atoms with Gasteiger partial charge in [0, 0.05) is 18.9 Å². The van der Waals surface area contributed by atoms with Crippen molar-refractivity contribution in [2.24, 2.45) is 11.8 Å². The van der Waals surface area contributed by atoms with Crippen LogP contribution < -0.4 is 5.32 Å². The number of carbonyl (C=O) groups is 3. The minimum absolute atomic E-state index is 0.119. The summed E-state index contributed by atoms with van der Waals surface area (Å²) >= 11 is 0. The first-order chi connectivity index (χ1) is 15.1. The number of likely N-dealkylation sites (tertiary alicyclic amines) is 1. The van der Waals surface area contributed by atoms with Gasteiger partial charge in [0.15, 0.2) is 0 Å². The second-order valence-electron chi connectivity index (χ2n) is 10.5. The Labute approximate surface area is 198 Å². The molecule has 2 N–H and O–H groups in total. The van der Waals surface area contributed by atoms with Crippen LogP contribution in [-0.2, 0) is 19.1 Å². The summed E-state index contributed by atoms with van der Waals surface area (Å²) in [4.78, 5) is 39.6. The average molecular weight is 467 g/mol. The number of amides is 2. The van der Waals surface area contributed by atoms with Crippen molar-refractivity contribution in [1.29, 1.82) is 0 Å². The van der Waals surface area contributed by atoms with Crippen LogP contribution in [0.25, 0.3) is 0 Å². The minimum Gasteiger partial charge on any atom is -0.514 e. The number of allylic oxidation sites excluding steroid dienone is 2. The van der Waals surface area contributed by atoms with Crippen LogP contribution in [0.15, 0.2) is 24.1 Å². The number of nitrogens with one attached hydrogen (secondary N) is 1. The van der Waals surface area contributed by atoms with Gasteiger partial charge in [-0.05, 0) is 73.6 Å². The maximum atomic E-state index is 13.3. The third-order valence-corrected chi connectivity index (χ3v) is 5.32. The quantitative estimate of drug-likeness (QED) is 0.316. The Kier molecular flexibility index (Phi) is 10.00. The van der Waals surface area contributed by atoms with Crippen molar-refractivity contribution in [2.45, 2.75) is 105 Å². The summed E-state index contributed by atoms with van der Waals surface area (Å²) in [6.45, 7) is 15.9. The third kappa shape index (κ3) is 8.74. The van der Waals surface area contributed by atoms with E-state index in [-0.39, 0.29) is 23.8 Å². The first kappa shape index (κ1) is 28.5. The fourth-order valence-electron chi connectivity index (χ4n) is 4.11. The minimum atomic E-state index is -0.801. The molecule has 0 aromatic rings. The number of rotatable bonds is 7. The highest BCUT2D eigenvalue weighted by molar-refractivity contribution is 5.83. The average Bonchev–Trinajstić information content (AvgIpc) is 3.00. The highest BCUT2D eigenvalue weighted by Crippen LogP contribution is 2.38. The van der Waals surface area contributed by atoms with Crippen LogP contribution in [0.5, 0.6) is 0 Å². The van der Waals surface area contributed by atoms with E-state index in [1.807, 2.05) is 26.0 Å². The zero-order valence-corrected chi connectivity index (χ0v) is 21.6. The second-order valence-corrected chi connectivity index (χ2v) is 10.5. The van der Waals surface area contributed by atoms with Gasteiger partial charge < -0.3 is 19.9 Å². The van der Waals surface area contributed by atoms with Crippen molar-refractivity contribution < 1.29 is 29.0 Å². The van der Waals surface area contributed by atoms with Gasteiger partial charge >= 0.3 is 12.1 Å². The maximum Gasteiger partial charge on any atom is 0.411 e. The van der Waals surface area contributed by atoms with E-state index >= 15 is 0 Å². The zero-order chi connectivity index (χ0) is 25.6. The van der Waals surface area contributed by atoms with Gasteiger partial charge in [0.05, 0.1) is 12.0 Å². The number of aliphatic hydroxyl groups excluding tert-OH is 1. The Hall–Kier alpha value is -2.51. The number of ether oxygens (including phenoxy) is 2. The lowest BCUT2D eigenvalue weighted by Crippen LogP contribution is -2.50. The van der Waals surface area contributed by atoms with E-state index in [1.165, 1.54) is 11.8 Å². The van der Waals surface area contributed by atoms with E-state index < -0.39 is 29.3 Å². The van der Waals surface area contributed by atoms with Crippen molar-refractivity contribution in [3.8, 4) is 0 Å². The summed E-state index contributed by atoms with van der Waals surface area (Å²) in [6.07, 6.45) is 5.65. The summed E-state index contributed by atoms with van der Waals surface area (Å²) in [6, 6.07) is -1.19. The van der Waals surface area contributed by atoms with Crippen LogP contribution in [0.2, 0.25) is 0 Å². The summed E-state index contributed by atoms with van der Waals surface area (Å²) in [5.41, 5.74) is -1.06. The molecule has 4 atom stereocenters. The normalized spacial score (nSPS) is 22.9. The molecule has 0 saturated carbocycles. The van der Waals surface area contributed by atoms with Gasteiger partial charge in [0.25, 0.3) is 0 Å². The van der Waals surface area contributed by atoms with Gasteiger partial charge in [-0.1, -0.05) is 19.1 Å². The molecule has 0 aliphatic carbocycles. The molecule has 1 fully saturated rings. The molecule has 1 aliphatic heterocycles. The molecular formula is C25H42N2O6. The first-order valence-electron chi connectivity index (χ1n) is 11.6. The van der Waals surface area contributed by atoms with Gasteiger partial charge in [-0.25, -0.2) is 9.59 Å². The number of esters is 1. The molecule has 188 valence electrons. The van der Waals surface area contributed by atoms with Crippen LogP contribution in [0.4, 0.5) is 4.79 Å². The molecule has 2 amide bonds. The number of carbonyl (C=O) groups excluding carboxylic acids is 3. The summed E-state index contributed by atoms with van der Waals surface area (Å²) in [7, 11) is 0. The van der Waals surface area contributed by atoms with Crippen molar-refractivity contribution >= 4 is 18.0 Å². The van der Waals surface area contributed by atoms with Crippen molar-refractivity contribution in [2.75, 3.05) is 0 Å². The van der Waals surface area contributed by atoms with Gasteiger partial charge in [0.1, 0.15) is 17.2 Å². The molecule has 1 unspecified atom stereocenters. The fourth-order valence-corrected chi connectivity index (χ4v) is 4.11. The van der Waals surface area contributed by atoms with Crippen molar-refractivity contribution in [1.82, 2.24) is 10.2 Å². The highest BCUT2D eigenvalue weighted by Gasteiger charge is 2.49. The van der Waals surface area contributed by atoms with E-state index in [2.05, 4.69) is 5.32 Å².